The Labute approximate surface area is 136 Å². The van der Waals surface area contributed by atoms with Crippen molar-refractivity contribution in [1.29, 1.82) is 0 Å². The van der Waals surface area contributed by atoms with Gasteiger partial charge in [-0.25, -0.2) is 9.69 Å². The lowest BCUT2D eigenvalue weighted by Gasteiger charge is -2.25. The third-order valence-electron chi connectivity index (χ3n) is 3.83. The Morgan fingerprint density at radius 2 is 2.00 bits per heavy atom. The minimum Gasteiger partial charge on any atom is -0.444 e. The monoisotopic (exact) mass is 320 g/mol. The molecule has 2 atom stereocenters. The van der Waals surface area contributed by atoms with Gasteiger partial charge in [0.2, 0.25) is 0 Å². The summed E-state index contributed by atoms with van der Waals surface area (Å²) in [6, 6.07) is 8.38. The van der Waals surface area contributed by atoms with Crippen molar-refractivity contribution >= 4 is 12.0 Å². The average molecular weight is 320 g/mol. The molecule has 1 aliphatic rings. The van der Waals surface area contributed by atoms with E-state index in [1.807, 2.05) is 37.3 Å². The Morgan fingerprint density at radius 1 is 1.35 bits per heavy atom. The molecule has 1 aromatic rings. The van der Waals surface area contributed by atoms with E-state index in [9.17, 15) is 14.7 Å². The number of carbonyl (C=O) groups excluding carboxylic acids is 2. The second kappa shape index (κ2) is 8.08. The number of aliphatic hydroxyl groups excluding tert-OH is 1. The number of nitrogens with zero attached hydrogens (tertiary/aromatic N) is 1. The maximum Gasteiger partial charge on any atom is 0.417 e. The lowest BCUT2D eigenvalue weighted by molar-refractivity contribution is -0.140. The zero-order chi connectivity index (χ0) is 16.8. The Hall–Kier alpha value is -1.92. The fourth-order valence-corrected chi connectivity index (χ4v) is 2.36. The number of hydrogen-bond acceptors (Lipinski definition) is 5. The fourth-order valence-electron chi connectivity index (χ4n) is 2.36. The molecule has 0 bridgehead atoms. The average Bonchev–Trinajstić information content (AvgIpc) is 3.38. The SMILES string of the molecule is CCC[C@H](N)[C@H](O)C(=O)N(C(=O)OCc1ccccc1)C1CC1. The standard InChI is InChI=1S/C17H24N2O4/c1-2-6-14(18)15(20)16(21)19(13-9-10-13)17(22)23-11-12-7-4-3-5-8-12/h3-5,7-8,13-15,20H,2,6,9-11,18H2,1H3/t14-,15-/m0/s1. The first-order chi connectivity index (χ1) is 11.0. The van der Waals surface area contributed by atoms with Gasteiger partial charge < -0.3 is 15.6 Å². The van der Waals surface area contributed by atoms with Crippen LogP contribution in [0.4, 0.5) is 4.79 Å². The van der Waals surface area contributed by atoms with Crippen molar-refractivity contribution in [3.8, 4) is 0 Å². The summed E-state index contributed by atoms with van der Waals surface area (Å²) in [5, 5.41) is 10.1. The first-order valence-corrected chi connectivity index (χ1v) is 8.02. The highest BCUT2D eigenvalue weighted by Gasteiger charge is 2.41. The maximum absolute atomic E-state index is 12.4. The van der Waals surface area contributed by atoms with E-state index in [1.165, 1.54) is 0 Å². The Balaban J connectivity index is 1.97. The summed E-state index contributed by atoms with van der Waals surface area (Å²) >= 11 is 0. The van der Waals surface area contributed by atoms with E-state index in [0.29, 0.717) is 6.42 Å². The van der Waals surface area contributed by atoms with Crippen LogP contribution in [0.3, 0.4) is 0 Å². The van der Waals surface area contributed by atoms with Crippen molar-refractivity contribution in [2.75, 3.05) is 0 Å². The molecule has 0 spiro atoms. The molecular weight excluding hydrogens is 296 g/mol. The highest BCUT2D eigenvalue weighted by atomic mass is 16.6. The molecule has 6 heteroatoms. The van der Waals surface area contributed by atoms with Crippen LogP contribution in [0.15, 0.2) is 30.3 Å². The molecule has 1 fully saturated rings. The van der Waals surface area contributed by atoms with Crippen LogP contribution >= 0.6 is 0 Å². The van der Waals surface area contributed by atoms with Gasteiger partial charge in [-0.15, -0.1) is 0 Å². The molecule has 23 heavy (non-hydrogen) atoms. The molecule has 1 aromatic carbocycles. The van der Waals surface area contributed by atoms with E-state index in [1.54, 1.807) is 0 Å². The number of carbonyl (C=O) groups is 2. The predicted molar refractivity (Wildman–Crippen MR) is 85.4 cm³/mol. The van der Waals surface area contributed by atoms with Gasteiger partial charge in [-0.2, -0.15) is 0 Å². The zero-order valence-electron chi connectivity index (χ0n) is 13.4. The van der Waals surface area contributed by atoms with Gasteiger partial charge in [-0.05, 0) is 24.8 Å². The second-order valence-electron chi connectivity index (χ2n) is 5.88. The normalized spacial score (nSPS) is 16.5. The minimum atomic E-state index is -1.38. The lowest BCUT2D eigenvalue weighted by atomic mass is 10.1. The third-order valence-corrected chi connectivity index (χ3v) is 3.83. The van der Waals surface area contributed by atoms with Gasteiger partial charge in [-0.1, -0.05) is 43.7 Å². The summed E-state index contributed by atoms with van der Waals surface area (Å²) in [6.45, 7) is 2.01. The van der Waals surface area contributed by atoms with Crippen LogP contribution in [-0.2, 0) is 16.1 Å². The van der Waals surface area contributed by atoms with Crippen LogP contribution in [0, 0.1) is 0 Å². The maximum atomic E-state index is 12.4. The molecule has 0 unspecified atom stereocenters. The number of rotatable bonds is 7. The Bertz CT molecular complexity index is 531. The van der Waals surface area contributed by atoms with Gasteiger partial charge in [0, 0.05) is 12.1 Å². The van der Waals surface area contributed by atoms with Crippen LogP contribution in [0.2, 0.25) is 0 Å². The lowest BCUT2D eigenvalue weighted by Crippen LogP contribution is -2.51. The molecular formula is C17H24N2O4. The van der Waals surface area contributed by atoms with E-state index in [2.05, 4.69) is 0 Å². The molecule has 0 saturated heterocycles. The highest BCUT2D eigenvalue weighted by molar-refractivity contribution is 5.95. The van der Waals surface area contributed by atoms with Crippen LogP contribution in [0.25, 0.3) is 0 Å². The number of ether oxygens (including phenoxy) is 1. The molecule has 0 heterocycles. The number of imide groups is 1. The number of hydrogen-bond donors (Lipinski definition) is 2. The van der Waals surface area contributed by atoms with Gasteiger partial charge in [-0.3, -0.25) is 4.79 Å². The number of nitrogens with two attached hydrogens (primary N) is 1. The van der Waals surface area contributed by atoms with Crippen LogP contribution in [0.1, 0.15) is 38.2 Å². The summed E-state index contributed by atoms with van der Waals surface area (Å²) in [5.74, 6) is -0.661. The van der Waals surface area contributed by atoms with Gasteiger partial charge in [0.15, 0.2) is 0 Å². The summed E-state index contributed by atoms with van der Waals surface area (Å²) in [6.07, 6.45) is 0.658. The van der Waals surface area contributed by atoms with Crippen molar-refractivity contribution < 1.29 is 19.4 Å². The topological polar surface area (TPSA) is 92.9 Å². The van der Waals surface area contributed by atoms with Crippen molar-refractivity contribution in [2.45, 2.75) is 57.4 Å². The van der Waals surface area contributed by atoms with Crippen molar-refractivity contribution in [1.82, 2.24) is 4.90 Å². The molecule has 0 aliphatic heterocycles. The first kappa shape index (κ1) is 17.4. The minimum absolute atomic E-state index is 0.0906. The molecule has 1 aliphatic carbocycles. The van der Waals surface area contributed by atoms with Gasteiger partial charge >= 0.3 is 6.09 Å². The second-order valence-corrected chi connectivity index (χ2v) is 5.88. The Morgan fingerprint density at radius 3 is 2.57 bits per heavy atom. The van der Waals surface area contributed by atoms with E-state index in [0.717, 1.165) is 29.7 Å². The number of amides is 2. The van der Waals surface area contributed by atoms with Crippen LogP contribution in [-0.4, -0.2) is 40.2 Å². The largest absolute Gasteiger partial charge is 0.444 e. The van der Waals surface area contributed by atoms with Crippen LogP contribution < -0.4 is 5.73 Å². The van der Waals surface area contributed by atoms with Crippen molar-refractivity contribution in [3.05, 3.63) is 35.9 Å². The molecule has 2 rings (SSSR count). The van der Waals surface area contributed by atoms with E-state index in [-0.39, 0.29) is 12.6 Å². The molecule has 1 saturated carbocycles. The van der Waals surface area contributed by atoms with Crippen LogP contribution in [0.5, 0.6) is 0 Å². The highest BCUT2D eigenvalue weighted by Crippen LogP contribution is 2.28. The smallest absolute Gasteiger partial charge is 0.417 e. The molecule has 0 aromatic heterocycles. The Kier molecular flexibility index (Phi) is 6.12. The number of benzene rings is 1. The zero-order valence-corrected chi connectivity index (χ0v) is 13.4. The molecule has 126 valence electrons. The fraction of sp³-hybridized carbons (Fsp3) is 0.529. The molecule has 6 nitrogen and oxygen atoms in total. The van der Waals surface area contributed by atoms with Crippen molar-refractivity contribution in [3.63, 3.8) is 0 Å². The summed E-state index contributed by atoms with van der Waals surface area (Å²) < 4.78 is 5.22. The summed E-state index contributed by atoms with van der Waals surface area (Å²) in [4.78, 5) is 25.7. The quantitative estimate of drug-likeness (QED) is 0.799. The predicted octanol–water partition coefficient (Wildman–Crippen LogP) is 1.80. The third kappa shape index (κ3) is 4.77. The summed E-state index contributed by atoms with van der Waals surface area (Å²) in [7, 11) is 0. The van der Waals surface area contributed by atoms with E-state index < -0.39 is 24.1 Å². The van der Waals surface area contributed by atoms with Gasteiger partial charge in [0.1, 0.15) is 12.7 Å². The van der Waals surface area contributed by atoms with Crippen molar-refractivity contribution in [2.24, 2.45) is 5.73 Å². The van der Waals surface area contributed by atoms with E-state index in [4.69, 9.17) is 10.5 Å². The van der Waals surface area contributed by atoms with Gasteiger partial charge in [0.25, 0.3) is 5.91 Å². The summed E-state index contributed by atoms with van der Waals surface area (Å²) in [5.41, 5.74) is 6.64. The van der Waals surface area contributed by atoms with E-state index >= 15 is 0 Å². The molecule has 0 radical (unpaired) electrons. The molecule has 3 N–H and O–H groups in total. The first-order valence-electron chi connectivity index (χ1n) is 8.02. The molecule has 2 amide bonds. The number of aliphatic hydroxyl groups is 1. The van der Waals surface area contributed by atoms with Gasteiger partial charge in [0.05, 0.1) is 0 Å².